The van der Waals surface area contributed by atoms with Crippen LogP contribution in [0.4, 0.5) is 0 Å². The summed E-state index contributed by atoms with van der Waals surface area (Å²) in [7, 11) is 0. The van der Waals surface area contributed by atoms with Crippen LogP contribution in [0.5, 0.6) is 0 Å². The van der Waals surface area contributed by atoms with E-state index in [0.717, 1.165) is 24.5 Å². The highest BCUT2D eigenvalue weighted by Crippen LogP contribution is 2.19. The molecule has 2 rings (SSSR count). The van der Waals surface area contributed by atoms with Crippen molar-refractivity contribution >= 4 is 11.3 Å². The molecule has 0 aliphatic carbocycles. The molecule has 1 fully saturated rings. The number of aryl methyl sites for hydroxylation is 1. The summed E-state index contributed by atoms with van der Waals surface area (Å²) < 4.78 is 0. The molecular weight excluding hydrogens is 222 g/mol. The second-order valence-corrected chi connectivity index (χ2v) is 5.70. The molecule has 1 saturated heterocycles. The lowest BCUT2D eigenvalue weighted by Gasteiger charge is -2.15. The van der Waals surface area contributed by atoms with Crippen molar-refractivity contribution in [3.8, 4) is 0 Å². The van der Waals surface area contributed by atoms with Gasteiger partial charge < -0.3 is 15.7 Å². The third-order valence-electron chi connectivity index (χ3n) is 2.88. The van der Waals surface area contributed by atoms with E-state index in [1.165, 1.54) is 4.88 Å². The first kappa shape index (κ1) is 12.0. The second kappa shape index (κ2) is 5.23. The predicted molar refractivity (Wildman–Crippen MR) is 65.7 cm³/mol. The Bertz CT molecular complexity index is 342. The molecule has 1 aromatic heterocycles. The maximum atomic E-state index is 9.38. The second-order valence-electron chi connectivity index (χ2n) is 4.43. The minimum absolute atomic E-state index is 0.177. The molecule has 0 saturated carbocycles. The highest BCUT2D eigenvalue weighted by atomic mass is 32.1. The zero-order valence-corrected chi connectivity index (χ0v) is 10.5. The maximum Gasteiger partial charge on any atom is 0.109 e. The van der Waals surface area contributed by atoms with Crippen LogP contribution in [0, 0.1) is 6.92 Å². The average Bonchev–Trinajstić information content (AvgIpc) is 2.84. The van der Waals surface area contributed by atoms with Crippen LogP contribution in [-0.4, -0.2) is 35.3 Å². The number of aromatic nitrogens is 1. The molecule has 3 N–H and O–H groups in total. The molecule has 0 aromatic carbocycles. The number of aliphatic hydroxyl groups excluding tert-OH is 1. The fourth-order valence-electron chi connectivity index (χ4n) is 1.93. The summed E-state index contributed by atoms with van der Waals surface area (Å²) in [4.78, 5) is 5.61. The molecule has 2 heterocycles. The van der Waals surface area contributed by atoms with Gasteiger partial charge in [-0.15, -0.1) is 11.3 Å². The molecule has 0 radical (unpaired) electrons. The largest absolute Gasteiger partial charge is 0.392 e. The van der Waals surface area contributed by atoms with Crippen LogP contribution >= 0.6 is 11.3 Å². The van der Waals surface area contributed by atoms with E-state index in [0.29, 0.717) is 12.1 Å². The summed E-state index contributed by atoms with van der Waals surface area (Å²) in [5.41, 5.74) is 0. The molecule has 1 aliphatic rings. The molecule has 1 aromatic rings. The van der Waals surface area contributed by atoms with Gasteiger partial charge in [0.15, 0.2) is 0 Å². The number of nitrogens with one attached hydrogen (secondary N) is 2. The van der Waals surface area contributed by atoms with E-state index in [2.05, 4.69) is 29.5 Å². The van der Waals surface area contributed by atoms with E-state index < -0.39 is 0 Å². The topological polar surface area (TPSA) is 57.2 Å². The van der Waals surface area contributed by atoms with Crippen LogP contribution in [0.1, 0.15) is 29.3 Å². The monoisotopic (exact) mass is 241 g/mol. The van der Waals surface area contributed by atoms with Crippen molar-refractivity contribution < 1.29 is 5.11 Å². The van der Waals surface area contributed by atoms with Gasteiger partial charge in [-0.1, -0.05) is 0 Å². The summed E-state index contributed by atoms with van der Waals surface area (Å²) in [6, 6.07) is 0.678. The Balaban J connectivity index is 1.77. The molecule has 16 heavy (non-hydrogen) atoms. The van der Waals surface area contributed by atoms with Crippen molar-refractivity contribution in [2.75, 3.05) is 13.1 Å². The number of rotatable bonds is 4. The molecule has 4 nitrogen and oxygen atoms in total. The number of β-amino-alcohol motifs (C(OH)–C–C–N with tert-alkyl or cyclic N) is 1. The van der Waals surface area contributed by atoms with Gasteiger partial charge in [-0.25, -0.2) is 4.98 Å². The van der Waals surface area contributed by atoms with Crippen molar-refractivity contribution in [2.24, 2.45) is 0 Å². The molecular formula is C11H19N3OS. The average molecular weight is 241 g/mol. The molecule has 90 valence electrons. The standard InChI is InChI=1S/C11H19N3OS/c1-7-4-14-11(16-7)8(2)12-5-9-3-10(15)6-13-9/h4,8-10,12-13,15H,3,5-6H2,1-2H3. The SMILES string of the molecule is Cc1cnc(C(C)NCC2CC(O)CN2)s1. The van der Waals surface area contributed by atoms with Crippen molar-refractivity contribution in [2.45, 2.75) is 38.5 Å². The quantitative estimate of drug-likeness (QED) is 0.730. The van der Waals surface area contributed by atoms with Gasteiger partial charge in [0, 0.05) is 30.2 Å². The summed E-state index contributed by atoms with van der Waals surface area (Å²) in [5.74, 6) is 0. The Labute approximate surface area is 100 Å². The van der Waals surface area contributed by atoms with E-state index in [4.69, 9.17) is 0 Å². The van der Waals surface area contributed by atoms with Crippen molar-refractivity contribution in [1.29, 1.82) is 0 Å². The molecule has 1 aliphatic heterocycles. The van der Waals surface area contributed by atoms with Crippen molar-refractivity contribution in [3.63, 3.8) is 0 Å². The van der Waals surface area contributed by atoms with Crippen LogP contribution in [-0.2, 0) is 0 Å². The van der Waals surface area contributed by atoms with Gasteiger partial charge in [0.25, 0.3) is 0 Å². The number of aliphatic hydroxyl groups is 1. The fraction of sp³-hybridized carbons (Fsp3) is 0.727. The van der Waals surface area contributed by atoms with Gasteiger partial charge in [0.1, 0.15) is 5.01 Å². The highest BCUT2D eigenvalue weighted by Gasteiger charge is 2.22. The van der Waals surface area contributed by atoms with Gasteiger partial charge in [0.2, 0.25) is 0 Å². The molecule has 3 atom stereocenters. The first-order chi connectivity index (χ1) is 7.65. The number of nitrogens with zero attached hydrogens (tertiary/aromatic N) is 1. The van der Waals surface area contributed by atoms with E-state index in [9.17, 15) is 5.11 Å². The van der Waals surface area contributed by atoms with Crippen LogP contribution in [0.15, 0.2) is 6.20 Å². The van der Waals surface area contributed by atoms with E-state index >= 15 is 0 Å². The van der Waals surface area contributed by atoms with Gasteiger partial charge in [-0.3, -0.25) is 0 Å². The first-order valence-electron chi connectivity index (χ1n) is 5.72. The van der Waals surface area contributed by atoms with Gasteiger partial charge >= 0.3 is 0 Å². The Morgan fingerprint density at radius 1 is 1.75 bits per heavy atom. The Morgan fingerprint density at radius 3 is 3.12 bits per heavy atom. The third kappa shape index (κ3) is 3.01. The van der Waals surface area contributed by atoms with Gasteiger partial charge in [-0.05, 0) is 20.3 Å². The van der Waals surface area contributed by atoms with E-state index in [1.807, 2.05) is 6.20 Å². The smallest absolute Gasteiger partial charge is 0.109 e. The zero-order chi connectivity index (χ0) is 11.5. The first-order valence-corrected chi connectivity index (χ1v) is 6.54. The zero-order valence-electron chi connectivity index (χ0n) is 9.73. The summed E-state index contributed by atoms with van der Waals surface area (Å²) >= 11 is 1.74. The predicted octanol–water partition coefficient (Wildman–Crippen LogP) is 0.825. The molecule has 0 spiro atoms. The Morgan fingerprint density at radius 2 is 2.56 bits per heavy atom. The van der Waals surface area contributed by atoms with Crippen molar-refractivity contribution in [3.05, 3.63) is 16.1 Å². The number of hydrogen-bond donors (Lipinski definition) is 3. The summed E-state index contributed by atoms with van der Waals surface area (Å²) in [6.07, 6.45) is 2.58. The highest BCUT2D eigenvalue weighted by molar-refractivity contribution is 7.11. The maximum absolute atomic E-state index is 9.38. The lowest BCUT2D eigenvalue weighted by molar-refractivity contribution is 0.193. The summed E-state index contributed by atoms with van der Waals surface area (Å²) in [6.45, 7) is 5.81. The Hall–Kier alpha value is -0.490. The van der Waals surface area contributed by atoms with Gasteiger partial charge in [-0.2, -0.15) is 0 Å². The lowest BCUT2D eigenvalue weighted by Crippen LogP contribution is -2.35. The summed E-state index contributed by atoms with van der Waals surface area (Å²) in [5, 5.41) is 17.3. The normalized spacial score (nSPS) is 27.2. The van der Waals surface area contributed by atoms with Gasteiger partial charge in [0.05, 0.1) is 12.1 Å². The van der Waals surface area contributed by atoms with Crippen LogP contribution in [0.2, 0.25) is 0 Å². The minimum Gasteiger partial charge on any atom is -0.392 e. The third-order valence-corrected chi connectivity index (χ3v) is 3.97. The van der Waals surface area contributed by atoms with E-state index in [1.54, 1.807) is 11.3 Å². The molecule has 3 unspecified atom stereocenters. The fourth-order valence-corrected chi connectivity index (χ4v) is 2.73. The minimum atomic E-state index is -0.177. The number of thiazole rings is 1. The van der Waals surface area contributed by atoms with Crippen LogP contribution in [0.3, 0.4) is 0 Å². The molecule has 5 heteroatoms. The van der Waals surface area contributed by atoms with Crippen molar-refractivity contribution in [1.82, 2.24) is 15.6 Å². The van der Waals surface area contributed by atoms with Crippen LogP contribution < -0.4 is 10.6 Å². The molecule has 0 bridgehead atoms. The van der Waals surface area contributed by atoms with E-state index in [-0.39, 0.29) is 6.10 Å². The molecule has 0 amide bonds. The lowest BCUT2D eigenvalue weighted by atomic mass is 10.2. The number of hydrogen-bond acceptors (Lipinski definition) is 5. The Kier molecular flexibility index (Phi) is 3.91. The van der Waals surface area contributed by atoms with Crippen LogP contribution in [0.25, 0.3) is 0 Å².